The molecule has 0 unspecified atom stereocenters. The van der Waals surface area contributed by atoms with E-state index in [9.17, 15) is 37.5 Å². The van der Waals surface area contributed by atoms with Crippen LogP contribution in [0.25, 0.3) is 34.0 Å². The van der Waals surface area contributed by atoms with Crippen molar-refractivity contribution < 1.29 is 42.2 Å². The van der Waals surface area contributed by atoms with E-state index in [0.717, 1.165) is 4.90 Å². The number of carbonyl (C=O) groups is 4. The summed E-state index contributed by atoms with van der Waals surface area (Å²) in [5.74, 6) is -0.123. The third-order valence-electron chi connectivity index (χ3n) is 11.5. The van der Waals surface area contributed by atoms with Crippen LogP contribution in [0.4, 0.5) is 22.8 Å². The number of methoxy groups -OCH3 is 1. The van der Waals surface area contributed by atoms with Crippen LogP contribution in [0.15, 0.2) is 103 Å². The minimum absolute atomic E-state index is 0.0593. The zero-order chi connectivity index (χ0) is 45.1. The largest absolute Gasteiger partial charge is 0.465 e. The molecule has 3 aromatic carbocycles. The van der Waals surface area contributed by atoms with E-state index in [1.54, 1.807) is 90.1 Å². The monoisotopic (exact) mass is 876 g/mol. The van der Waals surface area contributed by atoms with Crippen LogP contribution in [0.2, 0.25) is 0 Å². The number of ether oxygens (including phenoxy) is 1. The Hall–Kier alpha value is -7.57. The molecule has 2 saturated heterocycles. The van der Waals surface area contributed by atoms with Gasteiger partial charge >= 0.3 is 18.4 Å². The molecule has 6 aromatic rings. The highest BCUT2D eigenvalue weighted by molar-refractivity contribution is 5.88. The second kappa shape index (κ2) is 18.0. The van der Waals surface area contributed by atoms with Crippen LogP contribution < -0.4 is 5.32 Å². The average molecular weight is 877 g/mol. The van der Waals surface area contributed by atoms with Crippen molar-refractivity contribution in [1.29, 1.82) is 0 Å². The molecule has 0 spiro atoms. The van der Waals surface area contributed by atoms with E-state index >= 15 is 0 Å². The summed E-state index contributed by atoms with van der Waals surface area (Å²) in [6.45, 7) is 0.652. The number of amides is 4. The Bertz CT molecular complexity index is 2640. The highest BCUT2D eigenvalue weighted by Crippen LogP contribution is 2.41. The van der Waals surface area contributed by atoms with Gasteiger partial charge in [0.25, 0.3) is 11.8 Å². The van der Waals surface area contributed by atoms with Gasteiger partial charge in [0.05, 0.1) is 36.8 Å². The standard InChI is InChI=1S/C45H43F3N10O6/c1-56(44(62)63)36(28-13-7-4-8-14-28)42(60)58-24-10-16-33(58)40-53-34(37(55-40)45(46,47)48)27-17-19-29(20-18-27)38-49-22-21-30(51-38)31-25-50-39(52-31)32-15-9-23-57(32)41(59)35(54-43(61)64-2)26-11-5-3-6-12-26/h3-8,11-14,17-22,25,32-33,35-36H,9-10,15-16,23-24H2,1-2H3,(H,50,52)(H,53,55)(H,54,61)(H,62,63)/t32-,33-,35+,36+/m0/s1. The van der Waals surface area contributed by atoms with Crippen molar-refractivity contribution >= 4 is 24.0 Å². The van der Waals surface area contributed by atoms with Crippen molar-refractivity contribution in [3.63, 3.8) is 0 Å². The molecule has 2 aliphatic heterocycles. The Morgan fingerprint density at radius 2 is 1.41 bits per heavy atom. The first-order valence-corrected chi connectivity index (χ1v) is 20.5. The summed E-state index contributed by atoms with van der Waals surface area (Å²) in [5, 5.41) is 12.5. The van der Waals surface area contributed by atoms with Crippen molar-refractivity contribution in [2.45, 2.75) is 56.0 Å². The number of aromatic amines is 2. The first-order valence-electron chi connectivity index (χ1n) is 20.5. The van der Waals surface area contributed by atoms with Gasteiger partial charge in [0.15, 0.2) is 5.82 Å². The van der Waals surface area contributed by atoms with Crippen LogP contribution in [0.3, 0.4) is 0 Å². The lowest BCUT2D eigenvalue weighted by atomic mass is 10.0. The topological polar surface area (TPSA) is 203 Å². The zero-order valence-electron chi connectivity index (χ0n) is 34.6. The molecule has 0 radical (unpaired) electrons. The third kappa shape index (κ3) is 8.73. The zero-order valence-corrected chi connectivity index (χ0v) is 34.6. The second-order valence-corrected chi connectivity index (χ2v) is 15.4. The fourth-order valence-electron chi connectivity index (χ4n) is 8.36. The molecule has 4 N–H and O–H groups in total. The lowest BCUT2D eigenvalue weighted by Crippen LogP contribution is -2.43. The number of halogens is 3. The fourth-order valence-corrected chi connectivity index (χ4v) is 8.36. The third-order valence-corrected chi connectivity index (χ3v) is 11.5. The van der Waals surface area contributed by atoms with Crippen LogP contribution >= 0.6 is 0 Å². The molecule has 64 heavy (non-hydrogen) atoms. The molecule has 0 aliphatic carbocycles. The van der Waals surface area contributed by atoms with Gasteiger partial charge in [-0.15, -0.1) is 0 Å². The number of carboxylic acid groups (broad SMARTS) is 1. The highest BCUT2D eigenvalue weighted by Gasteiger charge is 2.43. The average Bonchev–Trinajstić information content (AvgIpc) is 4.15. The molecule has 2 aliphatic rings. The predicted molar refractivity (Wildman–Crippen MR) is 225 cm³/mol. The molecule has 19 heteroatoms. The summed E-state index contributed by atoms with van der Waals surface area (Å²) in [5.41, 5.74) is 1.29. The van der Waals surface area contributed by atoms with E-state index < -0.39 is 54.1 Å². The van der Waals surface area contributed by atoms with Crippen LogP contribution in [-0.4, -0.2) is 101 Å². The van der Waals surface area contributed by atoms with Gasteiger partial charge in [-0.05, 0) is 42.9 Å². The number of benzene rings is 3. The SMILES string of the molecule is COC(=O)N[C@@H](C(=O)N1CCC[C@H]1c1ncc(-c2ccnc(-c3ccc(-c4nc([C@@H]5CCCN5C(=O)[C@@H](c5ccccc5)N(C)C(=O)O)[nH]c4C(F)(F)F)cc3)n2)[nH]1)c1ccccc1. The molecule has 8 rings (SSSR count). The Balaban J connectivity index is 1.02. The van der Waals surface area contributed by atoms with Gasteiger partial charge in [0.1, 0.15) is 35.1 Å². The normalized spacial score (nSPS) is 17.2. The van der Waals surface area contributed by atoms with Gasteiger partial charge in [-0.2, -0.15) is 13.2 Å². The van der Waals surface area contributed by atoms with Crippen LogP contribution in [-0.2, 0) is 20.5 Å². The van der Waals surface area contributed by atoms with Gasteiger partial charge in [-0.25, -0.2) is 29.5 Å². The quantitative estimate of drug-likeness (QED) is 0.0998. The summed E-state index contributed by atoms with van der Waals surface area (Å²) < 4.78 is 48.7. The van der Waals surface area contributed by atoms with Gasteiger partial charge < -0.3 is 34.9 Å². The van der Waals surface area contributed by atoms with E-state index in [0.29, 0.717) is 66.1 Å². The molecule has 5 heterocycles. The number of hydrogen-bond acceptors (Lipinski definition) is 9. The van der Waals surface area contributed by atoms with Crippen molar-refractivity contribution in [3.05, 3.63) is 132 Å². The summed E-state index contributed by atoms with van der Waals surface area (Å²) in [6, 6.07) is 21.6. The Labute approximate surface area is 364 Å². The lowest BCUT2D eigenvalue weighted by molar-refractivity contribution is -0.140. The first-order chi connectivity index (χ1) is 30.8. The number of rotatable bonds is 11. The predicted octanol–water partition coefficient (Wildman–Crippen LogP) is 7.72. The van der Waals surface area contributed by atoms with Crippen LogP contribution in [0.1, 0.15) is 78.3 Å². The molecule has 0 bridgehead atoms. The van der Waals surface area contributed by atoms with Gasteiger partial charge in [-0.3, -0.25) is 14.5 Å². The van der Waals surface area contributed by atoms with Crippen molar-refractivity contribution in [2.75, 3.05) is 27.2 Å². The molecule has 2 fully saturated rings. The maximum absolute atomic E-state index is 14.6. The number of likely N-dealkylation sites (N-methyl/N-ethyl adjacent to an activating group) is 1. The van der Waals surface area contributed by atoms with Crippen LogP contribution in [0.5, 0.6) is 0 Å². The molecular weight excluding hydrogens is 834 g/mol. The van der Waals surface area contributed by atoms with E-state index in [-0.39, 0.29) is 35.4 Å². The number of H-pyrrole nitrogens is 2. The van der Waals surface area contributed by atoms with Crippen molar-refractivity contribution in [2.24, 2.45) is 0 Å². The van der Waals surface area contributed by atoms with E-state index in [2.05, 4.69) is 30.2 Å². The number of alkyl carbamates (subject to hydrolysis) is 1. The number of nitrogens with zero attached hydrogens (tertiary/aromatic N) is 7. The maximum Gasteiger partial charge on any atom is 0.433 e. The van der Waals surface area contributed by atoms with E-state index in [4.69, 9.17) is 9.72 Å². The van der Waals surface area contributed by atoms with Gasteiger partial charge in [0.2, 0.25) is 0 Å². The number of carbonyl (C=O) groups excluding carboxylic acids is 3. The molecule has 0 saturated carbocycles. The second-order valence-electron chi connectivity index (χ2n) is 15.4. The fraction of sp³-hybridized carbons (Fsp3) is 0.289. The summed E-state index contributed by atoms with van der Waals surface area (Å²) in [4.78, 5) is 80.1. The first kappa shape index (κ1) is 43.1. The number of hydrogen-bond donors (Lipinski definition) is 4. The van der Waals surface area contributed by atoms with Crippen LogP contribution in [0, 0.1) is 0 Å². The van der Waals surface area contributed by atoms with E-state index in [1.807, 2.05) is 6.07 Å². The number of aromatic nitrogens is 6. The maximum atomic E-state index is 14.6. The number of likely N-dealkylation sites (tertiary alicyclic amines) is 2. The Kier molecular flexibility index (Phi) is 12.1. The highest BCUT2D eigenvalue weighted by atomic mass is 19.4. The number of imidazole rings is 2. The summed E-state index contributed by atoms with van der Waals surface area (Å²) >= 11 is 0. The number of nitrogens with one attached hydrogen (secondary N) is 3. The van der Waals surface area contributed by atoms with E-state index in [1.165, 1.54) is 31.2 Å². The summed E-state index contributed by atoms with van der Waals surface area (Å²) in [7, 11) is 2.51. The minimum atomic E-state index is -4.82. The molecular formula is C45H43F3N10O6. The number of alkyl halides is 3. The Morgan fingerprint density at radius 3 is 2.03 bits per heavy atom. The van der Waals surface area contributed by atoms with Crippen molar-refractivity contribution in [1.82, 2.24) is 49.9 Å². The molecule has 16 nitrogen and oxygen atoms in total. The molecule has 4 atom stereocenters. The van der Waals surface area contributed by atoms with Gasteiger partial charge in [0, 0.05) is 37.5 Å². The minimum Gasteiger partial charge on any atom is -0.465 e. The smallest absolute Gasteiger partial charge is 0.433 e. The van der Waals surface area contributed by atoms with Gasteiger partial charge in [-0.1, -0.05) is 84.9 Å². The Morgan fingerprint density at radius 1 is 0.797 bits per heavy atom. The molecule has 330 valence electrons. The molecule has 3 aromatic heterocycles. The molecule has 4 amide bonds. The van der Waals surface area contributed by atoms with Crippen molar-refractivity contribution in [3.8, 4) is 34.0 Å². The lowest BCUT2D eigenvalue weighted by Gasteiger charge is -2.32. The summed E-state index contributed by atoms with van der Waals surface area (Å²) in [6.07, 6.45) is -1.61.